The van der Waals surface area contributed by atoms with Gasteiger partial charge in [0.05, 0.1) is 5.56 Å². The Morgan fingerprint density at radius 2 is 2.18 bits per heavy atom. The molecule has 22 heavy (non-hydrogen) atoms. The lowest BCUT2D eigenvalue weighted by Gasteiger charge is -2.26. The van der Waals surface area contributed by atoms with Crippen molar-refractivity contribution in [2.24, 2.45) is 0 Å². The van der Waals surface area contributed by atoms with E-state index in [1.807, 2.05) is 11.8 Å². The number of hydrogen-bond acceptors (Lipinski definition) is 2. The number of nitrogens with zero attached hydrogens (tertiary/aromatic N) is 1. The Kier molecular flexibility index (Phi) is 5.46. The zero-order valence-electron chi connectivity index (χ0n) is 12.6. The van der Waals surface area contributed by atoms with Crippen molar-refractivity contribution in [1.29, 1.82) is 0 Å². The summed E-state index contributed by atoms with van der Waals surface area (Å²) in [7, 11) is 0. The largest absolute Gasteiger partial charge is 0.352 e. The van der Waals surface area contributed by atoms with Crippen molar-refractivity contribution < 1.29 is 18.4 Å². The Bertz CT molecular complexity index is 563. The second-order valence-electron chi connectivity index (χ2n) is 5.42. The van der Waals surface area contributed by atoms with Gasteiger partial charge in [-0.2, -0.15) is 0 Å². The van der Waals surface area contributed by atoms with Crippen LogP contribution in [-0.2, 0) is 4.79 Å². The van der Waals surface area contributed by atoms with Crippen molar-refractivity contribution in [3.8, 4) is 0 Å². The number of rotatable bonds is 6. The third-order valence-corrected chi connectivity index (χ3v) is 3.96. The van der Waals surface area contributed by atoms with Gasteiger partial charge in [0.15, 0.2) is 0 Å². The van der Waals surface area contributed by atoms with Crippen LogP contribution in [0.5, 0.6) is 0 Å². The minimum atomic E-state index is -0.749. The molecule has 1 atom stereocenters. The lowest BCUT2D eigenvalue weighted by atomic mass is 10.1. The summed E-state index contributed by atoms with van der Waals surface area (Å²) in [4.78, 5) is 25.4. The second kappa shape index (κ2) is 7.33. The molecule has 6 heteroatoms. The second-order valence-corrected chi connectivity index (χ2v) is 5.42. The molecule has 1 N–H and O–H groups in total. The molecule has 1 fully saturated rings. The van der Waals surface area contributed by atoms with Crippen molar-refractivity contribution >= 4 is 11.8 Å². The normalized spacial score (nSPS) is 16.0. The highest BCUT2D eigenvalue weighted by molar-refractivity contribution is 5.94. The zero-order valence-corrected chi connectivity index (χ0v) is 12.6. The van der Waals surface area contributed by atoms with E-state index in [2.05, 4.69) is 5.32 Å². The summed E-state index contributed by atoms with van der Waals surface area (Å²) in [5.41, 5.74) is -0.301. The average Bonchev–Trinajstić information content (AvgIpc) is 2.92. The van der Waals surface area contributed by atoms with Gasteiger partial charge in [0.2, 0.25) is 5.91 Å². The van der Waals surface area contributed by atoms with Gasteiger partial charge >= 0.3 is 0 Å². The molecule has 0 saturated carbocycles. The smallest absolute Gasteiger partial charge is 0.254 e. The monoisotopic (exact) mass is 310 g/mol. The van der Waals surface area contributed by atoms with Gasteiger partial charge in [0, 0.05) is 25.6 Å². The van der Waals surface area contributed by atoms with E-state index in [0.717, 1.165) is 37.6 Å². The molecule has 1 aliphatic heterocycles. The summed E-state index contributed by atoms with van der Waals surface area (Å²) in [6.07, 6.45) is 2.86. The maximum Gasteiger partial charge on any atom is 0.254 e. The molecule has 0 radical (unpaired) electrons. The third-order valence-electron chi connectivity index (χ3n) is 3.96. The van der Waals surface area contributed by atoms with Gasteiger partial charge in [-0.3, -0.25) is 9.59 Å². The molecule has 4 nitrogen and oxygen atoms in total. The third kappa shape index (κ3) is 3.81. The van der Waals surface area contributed by atoms with Crippen LogP contribution in [0.2, 0.25) is 0 Å². The molecule has 2 rings (SSSR count). The Balaban J connectivity index is 1.88. The predicted molar refractivity (Wildman–Crippen MR) is 78.3 cm³/mol. The van der Waals surface area contributed by atoms with Crippen LogP contribution in [0, 0.1) is 11.6 Å². The zero-order chi connectivity index (χ0) is 16.1. The highest BCUT2D eigenvalue weighted by Gasteiger charge is 2.26. The van der Waals surface area contributed by atoms with E-state index in [9.17, 15) is 18.4 Å². The van der Waals surface area contributed by atoms with Crippen LogP contribution >= 0.6 is 0 Å². The molecule has 2 amide bonds. The maximum absolute atomic E-state index is 13.5. The molecule has 0 spiro atoms. The lowest BCUT2D eigenvalue weighted by molar-refractivity contribution is -0.129. The molecule has 0 aromatic heterocycles. The molecule has 1 aromatic rings. The average molecular weight is 310 g/mol. The quantitative estimate of drug-likeness (QED) is 0.877. The van der Waals surface area contributed by atoms with Crippen molar-refractivity contribution in [2.75, 3.05) is 13.1 Å². The van der Waals surface area contributed by atoms with E-state index in [-0.39, 0.29) is 17.5 Å². The van der Waals surface area contributed by atoms with Crippen LogP contribution in [0.1, 0.15) is 43.0 Å². The highest BCUT2D eigenvalue weighted by Crippen LogP contribution is 2.17. The first-order chi connectivity index (χ1) is 10.5. The van der Waals surface area contributed by atoms with Gasteiger partial charge in [0.1, 0.15) is 11.6 Å². The first-order valence-corrected chi connectivity index (χ1v) is 7.55. The SMILES string of the molecule is CCC(CCNC(=O)c1cc(F)ccc1F)N1CCCC1=O. The topological polar surface area (TPSA) is 49.4 Å². The van der Waals surface area contributed by atoms with E-state index in [4.69, 9.17) is 0 Å². The van der Waals surface area contributed by atoms with E-state index >= 15 is 0 Å². The van der Waals surface area contributed by atoms with E-state index in [1.165, 1.54) is 0 Å². The molecule has 120 valence electrons. The fraction of sp³-hybridized carbons (Fsp3) is 0.500. The molecular weight excluding hydrogens is 290 g/mol. The Morgan fingerprint density at radius 3 is 2.82 bits per heavy atom. The first-order valence-electron chi connectivity index (χ1n) is 7.55. The van der Waals surface area contributed by atoms with Crippen molar-refractivity contribution in [1.82, 2.24) is 10.2 Å². The molecule has 1 unspecified atom stereocenters. The molecule has 1 heterocycles. The molecule has 1 saturated heterocycles. The molecule has 0 aliphatic carbocycles. The van der Waals surface area contributed by atoms with Gasteiger partial charge in [-0.1, -0.05) is 6.92 Å². The Labute approximate surface area is 128 Å². The summed E-state index contributed by atoms with van der Waals surface area (Å²) < 4.78 is 26.6. The summed E-state index contributed by atoms with van der Waals surface area (Å²) in [6.45, 7) is 3.06. The summed E-state index contributed by atoms with van der Waals surface area (Å²) in [5.74, 6) is -1.89. The number of amides is 2. The first kappa shape index (κ1) is 16.4. The van der Waals surface area contributed by atoms with Gasteiger partial charge in [-0.15, -0.1) is 0 Å². The van der Waals surface area contributed by atoms with Crippen LogP contribution in [0.3, 0.4) is 0 Å². The Morgan fingerprint density at radius 1 is 1.41 bits per heavy atom. The number of halogens is 2. The minimum Gasteiger partial charge on any atom is -0.352 e. The number of carbonyl (C=O) groups excluding carboxylic acids is 2. The van der Waals surface area contributed by atoms with Crippen molar-refractivity contribution in [2.45, 2.75) is 38.6 Å². The number of likely N-dealkylation sites (tertiary alicyclic amines) is 1. The van der Waals surface area contributed by atoms with Crippen LogP contribution in [-0.4, -0.2) is 35.8 Å². The van der Waals surface area contributed by atoms with Crippen LogP contribution in [0.25, 0.3) is 0 Å². The molecule has 0 bridgehead atoms. The molecule has 1 aromatic carbocycles. The molecule has 1 aliphatic rings. The van der Waals surface area contributed by atoms with Crippen LogP contribution in [0.4, 0.5) is 8.78 Å². The van der Waals surface area contributed by atoms with E-state index in [0.29, 0.717) is 19.4 Å². The standard InChI is InChI=1S/C16H20F2N2O2/c1-2-12(20-9-3-4-15(20)21)7-8-19-16(22)13-10-11(17)5-6-14(13)18/h5-6,10,12H,2-4,7-9H2,1H3,(H,19,22). The minimum absolute atomic E-state index is 0.0765. The van der Waals surface area contributed by atoms with Crippen molar-refractivity contribution in [3.63, 3.8) is 0 Å². The van der Waals surface area contributed by atoms with Crippen LogP contribution < -0.4 is 5.32 Å². The van der Waals surface area contributed by atoms with Gasteiger partial charge < -0.3 is 10.2 Å². The van der Waals surface area contributed by atoms with Crippen molar-refractivity contribution in [3.05, 3.63) is 35.4 Å². The fourth-order valence-corrected chi connectivity index (χ4v) is 2.75. The summed E-state index contributed by atoms with van der Waals surface area (Å²) >= 11 is 0. The van der Waals surface area contributed by atoms with Gasteiger partial charge in [-0.25, -0.2) is 8.78 Å². The number of carbonyl (C=O) groups is 2. The van der Waals surface area contributed by atoms with Gasteiger partial charge in [-0.05, 0) is 37.5 Å². The Hall–Kier alpha value is -1.98. The van der Waals surface area contributed by atoms with E-state index < -0.39 is 17.5 Å². The number of nitrogens with one attached hydrogen (secondary N) is 1. The van der Waals surface area contributed by atoms with E-state index in [1.54, 1.807) is 0 Å². The number of benzene rings is 1. The van der Waals surface area contributed by atoms with Gasteiger partial charge in [0.25, 0.3) is 5.91 Å². The highest BCUT2D eigenvalue weighted by atomic mass is 19.1. The molecular formula is C16H20F2N2O2. The number of hydrogen-bond donors (Lipinski definition) is 1. The lowest BCUT2D eigenvalue weighted by Crippen LogP contribution is -2.38. The van der Waals surface area contributed by atoms with Crippen LogP contribution in [0.15, 0.2) is 18.2 Å². The summed E-state index contributed by atoms with van der Waals surface area (Å²) in [6, 6.07) is 2.86. The summed E-state index contributed by atoms with van der Waals surface area (Å²) in [5, 5.41) is 2.59. The fourth-order valence-electron chi connectivity index (χ4n) is 2.75. The maximum atomic E-state index is 13.5. The predicted octanol–water partition coefficient (Wildman–Crippen LogP) is 2.49.